The minimum atomic E-state index is -0.933. The van der Waals surface area contributed by atoms with Gasteiger partial charge in [-0.25, -0.2) is 4.79 Å². The van der Waals surface area contributed by atoms with Gasteiger partial charge in [-0.1, -0.05) is 0 Å². The van der Waals surface area contributed by atoms with Gasteiger partial charge in [0.15, 0.2) is 0 Å². The fraction of sp³-hybridized carbons (Fsp3) is 0.353. The molecule has 1 aliphatic heterocycles. The fourth-order valence-corrected chi connectivity index (χ4v) is 2.72. The van der Waals surface area contributed by atoms with Gasteiger partial charge in [0.2, 0.25) is 0 Å². The molecule has 2 heterocycles. The molecule has 0 unspecified atom stereocenters. The van der Waals surface area contributed by atoms with Crippen molar-refractivity contribution in [3.05, 3.63) is 47.9 Å². The maximum atomic E-state index is 11.4. The molecular formula is C17H21N3O3. The molecule has 6 nitrogen and oxygen atoms in total. The summed E-state index contributed by atoms with van der Waals surface area (Å²) in [4.78, 5) is 16.0. The second-order valence-corrected chi connectivity index (χ2v) is 5.76. The summed E-state index contributed by atoms with van der Waals surface area (Å²) in [5.41, 5.74) is 1.94. The first-order chi connectivity index (χ1) is 11.1. The Bertz CT molecular complexity index is 662. The molecule has 6 heteroatoms. The number of carboxylic acids is 1. The van der Waals surface area contributed by atoms with E-state index in [0.717, 1.165) is 37.6 Å². The first-order valence-corrected chi connectivity index (χ1v) is 7.70. The number of furan rings is 1. The van der Waals surface area contributed by atoms with Crippen LogP contribution in [0.2, 0.25) is 0 Å². The minimum Gasteiger partial charge on any atom is -0.478 e. The van der Waals surface area contributed by atoms with Gasteiger partial charge in [-0.2, -0.15) is 0 Å². The maximum absolute atomic E-state index is 11.4. The van der Waals surface area contributed by atoms with Crippen molar-refractivity contribution in [1.29, 1.82) is 0 Å². The molecule has 1 aromatic heterocycles. The highest BCUT2D eigenvalue weighted by atomic mass is 16.4. The number of aromatic carboxylic acids is 1. The standard InChI is InChI=1S/C17H21N3O3/c1-19-6-8-20(9-7-19)13-4-5-15(17(21)22)16(11-13)18-12-14-3-2-10-23-14/h2-5,10-11,18H,6-9,12H2,1H3,(H,21,22). The first-order valence-electron chi connectivity index (χ1n) is 7.70. The molecule has 0 saturated carbocycles. The Morgan fingerprint density at radius 1 is 1.26 bits per heavy atom. The van der Waals surface area contributed by atoms with Crippen LogP contribution in [0.1, 0.15) is 16.1 Å². The van der Waals surface area contributed by atoms with Gasteiger partial charge in [-0.05, 0) is 37.4 Å². The molecule has 1 fully saturated rings. The average Bonchev–Trinajstić information content (AvgIpc) is 3.06. The van der Waals surface area contributed by atoms with E-state index in [1.807, 2.05) is 24.3 Å². The third kappa shape index (κ3) is 3.65. The summed E-state index contributed by atoms with van der Waals surface area (Å²) >= 11 is 0. The van der Waals surface area contributed by atoms with Crippen LogP contribution in [0, 0.1) is 0 Å². The van der Waals surface area contributed by atoms with Crippen LogP contribution >= 0.6 is 0 Å². The Morgan fingerprint density at radius 2 is 2.04 bits per heavy atom. The van der Waals surface area contributed by atoms with Gasteiger partial charge in [0.05, 0.1) is 24.1 Å². The predicted molar refractivity (Wildman–Crippen MR) is 89.1 cm³/mol. The van der Waals surface area contributed by atoms with Crippen LogP contribution in [-0.4, -0.2) is 49.2 Å². The van der Waals surface area contributed by atoms with Crippen molar-refractivity contribution >= 4 is 17.3 Å². The number of nitrogens with zero attached hydrogens (tertiary/aromatic N) is 2. The van der Waals surface area contributed by atoms with Crippen molar-refractivity contribution in [2.24, 2.45) is 0 Å². The van der Waals surface area contributed by atoms with Crippen molar-refractivity contribution < 1.29 is 14.3 Å². The quantitative estimate of drug-likeness (QED) is 0.883. The number of carbonyl (C=O) groups is 1. The minimum absolute atomic E-state index is 0.273. The first kappa shape index (κ1) is 15.4. The van der Waals surface area contributed by atoms with Gasteiger partial charge in [0.25, 0.3) is 0 Å². The molecule has 0 aliphatic carbocycles. The van der Waals surface area contributed by atoms with E-state index in [1.54, 1.807) is 12.3 Å². The summed E-state index contributed by atoms with van der Waals surface area (Å²) in [7, 11) is 2.11. The van der Waals surface area contributed by atoms with Gasteiger partial charge in [-0.15, -0.1) is 0 Å². The van der Waals surface area contributed by atoms with Crippen LogP contribution < -0.4 is 10.2 Å². The highest BCUT2D eigenvalue weighted by Gasteiger charge is 2.17. The van der Waals surface area contributed by atoms with E-state index in [0.29, 0.717) is 12.2 Å². The summed E-state index contributed by atoms with van der Waals surface area (Å²) in [5, 5.41) is 12.5. The van der Waals surface area contributed by atoms with Crippen molar-refractivity contribution in [1.82, 2.24) is 4.90 Å². The number of benzene rings is 1. The van der Waals surface area contributed by atoms with Crippen LogP contribution in [0.5, 0.6) is 0 Å². The number of hydrogen-bond acceptors (Lipinski definition) is 5. The lowest BCUT2D eigenvalue weighted by molar-refractivity contribution is 0.0698. The van der Waals surface area contributed by atoms with Crippen molar-refractivity contribution in [3.8, 4) is 0 Å². The molecule has 0 radical (unpaired) electrons. The topological polar surface area (TPSA) is 69.0 Å². The van der Waals surface area contributed by atoms with Gasteiger partial charge < -0.3 is 24.6 Å². The molecular weight excluding hydrogens is 294 g/mol. The van der Waals surface area contributed by atoms with Crippen LogP contribution in [0.4, 0.5) is 11.4 Å². The maximum Gasteiger partial charge on any atom is 0.337 e. The Morgan fingerprint density at radius 3 is 2.70 bits per heavy atom. The van der Waals surface area contributed by atoms with E-state index in [1.165, 1.54) is 0 Å². The van der Waals surface area contributed by atoms with Crippen LogP contribution in [0.15, 0.2) is 41.0 Å². The molecule has 23 heavy (non-hydrogen) atoms. The normalized spacial score (nSPS) is 15.6. The molecule has 0 amide bonds. The second kappa shape index (κ2) is 6.75. The van der Waals surface area contributed by atoms with Gasteiger partial charge in [0, 0.05) is 31.9 Å². The molecule has 0 spiro atoms. The Hall–Kier alpha value is -2.47. The Labute approximate surface area is 135 Å². The van der Waals surface area contributed by atoms with Crippen molar-refractivity contribution in [2.45, 2.75) is 6.54 Å². The number of rotatable bonds is 5. The lowest BCUT2D eigenvalue weighted by Gasteiger charge is -2.34. The summed E-state index contributed by atoms with van der Waals surface area (Å²) < 4.78 is 5.29. The molecule has 1 aliphatic rings. The van der Waals surface area contributed by atoms with Crippen molar-refractivity contribution in [2.75, 3.05) is 43.4 Å². The molecule has 3 rings (SSSR count). The summed E-state index contributed by atoms with van der Waals surface area (Å²) in [6.45, 7) is 4.37. The van der Waals surface area contributed by atoms with E-state index in [9.17, 15) is 9.90 Å². The molecule has 2 aromatic rings. The van der Waals surface area contributed by atoms with E-state index in [2.05, 4.69) is 22.2 Å². The molecule has 0 atom stereocenters. The largest absolute Gasteiger partial charge is 0.478 e. The lowest BCUT2D eigenvalue weighted by Crippen LogP contribution is -2.44. The molecule has 122 valence electrons. The summed E-state index contributed by atoms with van der Waals surface area (Å²) in [6.07, 6.45) is 1.61. The zero-order valence-corrected chi connectivity index (χ0v) is 13.2. The monoisotopic (exact) mass is 315 g/mol. The highest BCUT2D eigenvalue weighted by molar-refractivity contribution is 5.95. The highest BCUT2D eigenvalue weighted by Crippen LogP contribution is 2.25. The van der Waals surface area contributed by atoms with E-state index >= 15 is 0 Å². The SMILES string of the molecule is CN1CCN(c2ccc(C(=O)O)c(NCc3ccco3)c2)CC1. The number of piperazine rings is 1. The van der Waals surface area contributed by atoms with Crippen LogP contribution in [0.3, 0.4) is 0 Å². The summed E-state index contributed by atoms with van der Waals surface area (Å²) in [5.74, 6) is -0.164. The predicted octanol–water partition coefficient (Wildman–Crippen LogP) is 2.34. The number of anilines is 2. The number of likely N-dealkylation sites (N-methyl/N-ethyl adjacent to an activating group) is 1. The van der Waals surface area contributed by atoms with E-state index < -0.39 is 5.97 Å². The van der Waals surface area contributed by atoms with E-state index in [-0.39, 0.29) is 5.56 Å². The zero-order chi connectivity index (χ0) is 16.2. The van der Waals surface area contributed by atoms with Gasteiger partial charge in [-0.3, -0.25) is 0 Å². The van der Waals surface area contributed by atoms with Crippen molar-refractivity contribution in [3.63, 3.8) is 0 Å². The van der Waals surface area contributed by atoms with E-state index in [4.69, 9.17) is 4.42 Å². The fourth-order valence-electron chi connectivity index (χ4n) is 2.72. The molecule has 1 aromatic carbocycles. The van der Waals surface area contributed by atoms with Crippen LogP contribution in [0.25, 0.3) is 0 Å². The summed E-state index contributed by atoms with van der Waals surface area (Å²) in [6, 6.07) is 9.14. The smallest absolute Gasteiger partial charge is 0.337 e. The molecule has 0 bridgehead atoms. The molecule has 1 saturated heterocycles. The second-order valence-electron chi connectivity index (χ2n) is 5.76. The number of hydrogen-bond donors (Lipinski definition) is 2. The molecule has 2 N–H and O–H groups in total. The number of carboxylic acid groups (broad SMARTS) is 1. The lowest BCUT2D eigenvalue weighted by atomic mass is 10.1. The number of nitrogens with one attached hydrogen (secondary N) is 1. The Kier molecular flexibility index (Phi) is 4.52. The third-order valence-corrected chi connectivity index (χ3v) is 4.14. The third-order valence-electron chi connectivity index (χ3n) is 4.14. The van der Waals surface area contributed by atoms with Gasteiger partial charge >= 0.3 is 5.97 Å². The zero-order valence-electron chi connectivity index (χ0n) is 13.2. The Balaban J connectivity index is 1.79. The average molecular weight is 315 g/mol. The van der Waals surface area contributed by atoms with Crippen LogP contribution in [-0.2, 0) is 6.54 Å². The van der Waals surface area contributed by atoms with Gasteiger partial charge in [0.1, 0.15) is 5.76 Å².